The van der Waals surface area contributed by atoms with Crippen LogP contribution < -0.4 is 14.8 Å². The van der Waals surface area contributed by atoms with Crippen LogP contribution in [0.1, 0.15) is 32.3 Å². The number of thiazole rings is 1. The number of rotatable bonds is 8. The van der Waals surface area contributed by atoms with Crippen molar-refractivity contribution in [3.63, 3.8) is 0 Å². The Morgan fingerprint density at radius 2 is 1.97 bits per heavy atom. The Kier molecular flexibility index (Phi) is 7.28. The molecule has 0 fully saturated rings. The Morgan fingerprint density at radius 3 is 2.69 bits per heavy atom. The first-order chi connectivity index (χ1) is 14.0. The third-order valence-corrected chi connectivity index (χ3v) is 5.57. The maximum Gasteiger partial charge on any atom is 0.264 e. The molecule has 0 saturated carbocycles. The van der Waals surface area contributed by atoms with E-state index in [4.69, 9.17) is 9.47 Å². The van der Waals surface area contributed by atoms with Gasteiger partial charge >= 0.3 is 0 Å². The number of amides is 1. The van der Waals surface area contributed by atoms with Crippen LogP contribution in [0, 0.1) is 0 Å². The number of aromatic nitrogens is 1. The van der Waals surface area contributed by atoms with Gasteiger partial charge in [0.15, 0.2) is 11.7 Å². The number of anilines is 1. The molecule has 5 nitrogen and oxygen atoms in total. The highest BCUT2D eigenvalue weighted by molar-refractivity contribution is 9.10. The fourth-order valence-corrected chi connectivity index (χ4v) is 3.94. The van der Waals surface area contributed by atoms with Crippen molar-refractivity contribution >= 4 is 38.3 Å². The van der Waals surface area contributed by atoms with E-state index < -0.39 is 0 Å². The zero-order valence-corrected chi connectivity index (χ0v) is 19.0. The van der Waals surface area contributed by atoms with Gasteiger partial charge in [-0.05, 0) is 58.6 Å². The van der Waals surface area contributed by atoms with Crippen LogP contribution in [0.15, 0.2) is 52.3 Å². The van der Waals surface area contributed by atoms with Crippen LogP contribution in [-0.4, -0.2) is 24.1 Å². The number of nitrogens with one attached hydrogen (secondary N) is 1. The molecule has 0 unspecified atom stereocenters. The molecule has 0 atom stereocenters. The zero-order chi connectivity index (χ0) is 20.8. The van der Waals surface area contributed by atoms with Gasteiger partial charge in [0, 0.05) is 10.9 Å². The van der Waals surface area contributed by atoms with E-state index in [2.05, 4.69) is 40.1 Å². The number of ether oxygens (including phenoxy) is 2. The Hall–Kier alpha value is -2.38. The molecule has 7 heteroatoms. The second-order valence-electron chi connectivity index (χ2n) is 6.65. The van der Waals surface area contributed by atoms with Crippen LogP contribution in [-0.2, 0) is 4.79 Å². The molecule has 2 aromatic carbocycles. The summed E-state index contributed by atoms with van der Waals surface area (Å²) in [5, 5.41) is 5.21. The normalized spacial score (nSPS) is 10.8. The molecule has 1 aromatic heterocycles. The average Bonchev–Trinajstić information content (AvgIpc) is 3.15. The molecule has 29 heavy (non-hydrogen) atoms. The van der Waals surface area contributed by atoms with Gasteiger partial charge in [0.25, 0.3) is 5.91 Å². The average molecular weight is 475 g/mol. The van der Waals surface area contributed by atoms with Crippen molar-refractivity contribution in [2.24, 2.45) is 0 Å². The minimum atomic E-state index is -0.260. The smallest absolute Gasteiger partial charge is 0.264 e. The van der Waals surface area contributed by atoms with Crippen LogP contribution in [0.4, 0.5) is 5.13 Å². The van der Waals surface area contributed by atoms with Gasteiger partial charge in [0.2, 0.25) is 0 Å². The quantitative estimate of drug-likeness (QED) is 0.427. The Morgan fingerprint density at radius 1 is 1.17 bits per heavy atom. The van der Waals surface area contributed by atoms with Crippen molar-refractivity contribution in [3.05, 3.63) is 57.9 Å². The van der Waals surface area contributed by atoms with E-state index >= 15 is 0 Å². The summed E-state index contributed by atoms with van der Waals surface area (Å²) in [6.07, 6.45) is 0. The van der Waals surface area contributed by atoms with E-state index in [-0.39, 0.29) is 12.5 Å². The van der Waals surface area contributed by atoms with Gasteiger partial charge in [-0.15, -0.1) is 11.3 Å². The summed E-state index contributed by atoms with van der Waals surface area (Å²) >= 11 is 4.87. The van der Waals surface area contributed by atoms with Gasteiger partial charge in [-0.1, -0.05) is 32.0 Å². The number of nitrogens with zero attached hydrogens (tertiary/aromatic N) is 1. The van der Waals surface area contributed by atoms with E-state index in [0.717, 1.165) is 21.5 Å². The first kappa shape index (κ1) is 21.3. The second-order valence-corrected chi connectivity index (χ2v) is 8.36. The monoisotopic (exact) mass is 474 g/mol. The molecule has 0 bridgehead atoms. The van der Waals surface area contributed by atoms with E-state index in [1.54, 1.807) is 0 Å². The molecule has 3 rings (SSSR count). The van der Waals surface area contributed by atoms with Crippen molar-refractivity contribution < 1.29 is 14.3 Å². The van der Waals surface area contributed by atoms with Gasteiger partial charge in [-0.2, -0.15) is 0 Å². The maximum atomic E-state index is 12.3. The maximum absolute atomic E-state index is 12.3. The predicted molar refractivity (Wildman–Crippen MR) is 121 cm³/mol. The van der Waals surface area contributed by atoms with E-state index in [1.807, 2.05) is 54.8 Å². The van der Waals surface area contributed by atoms with Crippen LogP contribution >= 0.6 is 27.3 Å². The highest BCUT2D eigenvalue weighted by atomic mass is 79.9. The topological polar surface area (TPSA) is 60.5 Å². The lowest BCUT2D eigenvalue weighted by atomic mass is 10.0. The Labute approximate surface area is 183 Å². The first-order valence-electron chi connectivity index (χ1n) is 9.37. The molecule has 0 aliphatic carbocycles. The first-order valence-corrected chi connectivity index (χ1v) is 11.0. The van der Waals surface area contributed by atoms with Crippen LogP contribution in [0.3, 0.4) is 0 Å². The fraction of sp³-hybridized carbons (Fsp3) is 0.273. The van der Waals surface area contributed by atoms with Gasteiger partial charge in [-0.25, -0.2) is 4.98 Å². The molecular weight excluding hydrogens is 452 g/mol. The summed E-state index contributed by atoms with van der Waals surface area (Å²) in [5.41, 5.74) is 2.87. The van der Waals surface area contributed by atoms with E-state index in [1.165, 1.54) is 16.9 Å². The lowest BCUT2D eigenvalue weighted by Gasteiger charge is -2.11. The molecule has 1 heterocycles. The van der Waals surface area contributed by atoms with Gasteiger partial charge < -0.3 is 9.47 Å². The molecule has 0 aliphatic heterocycles. The van der Waals surface area contributed by atoms with Crippen LogP contribution in [0.2, 0.25) is 0 Å². The van der Waals surface area contributed by atoms with Gasteiger partial charge in [-0.3, -0.25) is 10.1 Å². The van der Waals surface area contributed by atoms with Crippen molar-refractivity contribution in [1.82, 2.24) is 4.98 Å². The molecule has 0 radical (unpaired) electrons. The fourth-order valence-electron chi connectivity index (χ4n) is 2.71. The van der Waals surface area contributed by atoms with Crippen molar-refractivity contribution in [2.75, 3.05) is 18.5 Å². The summed E-state index contributed by atoms with van der Waals surface area (Å²) in [5.74, 6) is 1.57. The molecular formula is C22H23BrN2O3S. The molecule has 1 amide bonds. The molecule has 1 N–H and O–H groups in total. The van der Waals surface area contributed by atoms with E-state index in [9.17, 15) is 4.79 Å². The third kappa shape index (κ3) is 5.58. The van der Waals surface area contributed by atoms with Gasteiger partial charge in [0.1, 0.15) is 11.5 Å². The summed E-state index contributed by atoms with van der Waals surface area (Å²) in [6.45, 7) is 6.69. The number of halogens is 1. The third-order valence-electron chi connectivity index (χ3n) is 4.19. The highest BCUT2D eigenvalue weighted by Crippen LogP contribution is 2.32. The predicted octanol–water partition coefficient (Wildman–Crippen LogP) is 6.11. The van der Waals surface area contributed by atoms with Crippen LogP contribution in [0.25, 0.3) is 11.3 Å². The zero-order valence-electron chi connectivity index (χ0n) is 16.6. The lowest BCUT2D eigenvalue weighted by molar-refractivity contribution is -0.118. The minimum absolute atomic E-state index is 0.0932. The standard InChI is InChI=1S/C22H23BrN2O3S/c1-4-27-19-8-6-5-7-16(19)18-13-29-22(24-18)25-21(26)12-28-20-10-9-15(14(2)3)11-17(20)23/h5-11,13-14H,4,12H2,1-3H3,(H,24,25,26). The molecule has 0 saturated heterocycles. The number of hydrogen-bond donors (Lipinski definition) is 1. The van der Waals surface area contributed by atoms with Crippen molar-refractivity contribution in [3.8, 4) is 22.8 Å². The van der Waals surface area contributed by atoms with Crippen molar-refractivity contribution in [2.45, 2.75) is 26.7 Å². The number of hydrogen-bond acceptors (Lipinski definition) is 5. The van der Waals surface area contributed by atoms with Crippen molar-refractivity contribution in [1.29, 1.82) is 0 Å². The Bertz CT molecular complexity index is 988. The number of carbonyl (C=O) groups excluding carboxylic acids is 1. The van der Waals surface area contributed by atoms with Crippen LogP contribution in [0.5, 0.6) is 11.5 Å². The van der Waals surface area contributed by atoms with Gasteiger partial charge in [0.05, 0.1) is 16.8 Å². The Balaban J connectivity index is 1.61. The molecule has 0 aliphatic rings. The second kappa shape index (κ2) is 9.89. The summed E-state index contributed by atoms with van der Waals surface area (Å²) in [6, 6.07) is 13.6. The lowest BCUT2D eigenvalue weighted by Crippen LogP contribution is -2.20. The molecule has 3 aromatic rings. The molecule has 152 valence electrons. The summed E-state index contributed by atoms with van der Waals surface area (Å²) < 4.78 is 12.1. The summed E-state index contributed by atoms with van der Waals surface area (Å²) in [4.78, 5) is 16.8. The van der Waals surface area contributed by atoms with E-state index in [0.29, 0.717) is 23.4 Å². The highest BCUT2D eigenvalue weighted by Gasteiger charge is 2.13. The summed E-state index contributed by atoms with van der Waals surface area (Å²) in [7, 11) is 0. The number of benzene rings is 2. The minimum Gasteiger partial charge on any atom is -0.493 e. The SMILES string of the molecule is CCOc1ccccc1-c1csc(NC(=O)COc2ccc(C(C)C)cc2Br)n1. The molecule has 0 spiro atoms. The largest absolute Gasteiger partial charge is 0.493 e. The number of para-hydroxylation sites is 1. The number of carbonyl (C=O) groups is 1.